The van der Waals surface area contributed by atoms with Gasteiger partial charge in [-0.05, 0) is 24.1 Å². The van der Waals surface area contributed by atoms with Gasteiger partial charge in [0, 0.05) is 23.9 Å². The molecule has 0 unspecified atom stereocenters. The van der Waals surface area contributed by atoms with Crippen molar-refractivity contribution in [3.63, 3.8) is 0 Å². The molecule has 1 aromatic carbocycles. The normalized spacial score (nSPS) is 10.9. The van der Waals surface area contributed by atoms with Gasteiger partial charge < -0.3 is 4.74 Å². The van der Waals surface area contributed by atoms with Crippen molar-refractivity contribution < 1.29 is 13.2 Å². The Hall–Kier alpha value is -1.51. The monoisotopic (exact) mass is 267 g/mol. The van der Waals surface area contributed by atoms with Gasteiger partial charge in [0.15, 0.2) is 0 Å². The number of methoxy groups -OCH3 is 1. The van der Waals surface area contributed by atoms with Gasteiger partial charge in [-0.25, -0.2) is 0 Å². The number of nitrogens with zero attached hydrogens (tertiary/aromatic N) is 1. The SMILES string of the molecule is CCN(CC)S(=O)(=O)C#Cc1cccc(OC)c1. The van der Waals surface area contributed by atoms with Crippen LogP contribution in [-0.4, -0.2) is 32.9 Å². The van der Waals surface area contributed by atoms with Crippen LogP contribution in [0.3, 0.4) is 0 Å². The predicted octanol–water partition coefficient (Wildman–Crippen LogP) is 1.68. The van der Waals surface area contributed by atoms with Crippen molar-refractivity contribution in [2.45, 2.75) is 13.8 Å². The van der Waals surface area contributed by atoms with Crippen molar-refractivity contribution >= 4 is 10.0 Å². The largest absolute Gasteiger partial charge is 0.497 e. The van der Waals surface area contributed by atoms with Gasteiger partial charge in [0.05, 0.1) is 7.11 Å². The molecular formula is C13H17NO3S. The maximum atomic E-state index is 11.8. The Kier molecular flexibility index (Phi) is 5.20. The zero-order valence-corrected chi connectivity index (χ0v) is 11.6. The highest BCUT2D eigenvalue weighted by molar-refractivity contribution is 7.93. The molecule has 98 valence electrons. The first-order valence-corrected chi connectivity index (χ1v) is 7.14. The van der Waals surface area contributed by atoms with Crippen LogP contribution in [0.25, 0.3) is 0 Å². The summed E-state index contributed by atoms with van der Waals surface area (Å²) in [6.07, 6.45) is 0. The molecule has 0 radical (unpaired) electrons. The van der Waals surface area contributed by atoms with Crippen molar-refractivity contribution in [2.75, 3.05) is 20.2 Å². The first kappa shape index (κ1) is 14.6. The van der Waals surface area contributed by atoms with Crippen LogP contribution in [0.15, 0.2) is 24.3 Å². The van der Waals surface area contributed by atoms with E-state index in [4.69, 9.17) is 4.74 Å². The van der Waals surface area contributed by atoms with Crippen LogP contribution in [0.1, 0.15) is 19.4 Å². The molecule has 5 heteroatoms. The third-order valence-corrected chi connectivity index (χ3v) is 4.00. The number of sulfonamides is 1. The highest BCUT2D eigenvalue weighted by Gasteiger charge is 2.14. The van der Waals surface area contributed by atoms with Crippen molar-refractivity contribution in [1.29, 1.82) is 0 Å². The lowest BCUT2D eigenvalue weighted by Crippen LogP contribution is -2.29. The number of rotatable bonds is 4. The molecule has 0 atom stereocenters. The third-order valence-electron chi connectivity index (χ3n) is 2.44. The molecule has 18 heavy (non-hydrogen) atoms. The van der Waals surface area contributed by atoms with Gasteiger partial charge in [-0.15, -0.1) is 0 Å². The summed E-state index contributed by atoms with van der Waals surface area (Å²) in [5.74, 6) is 3.30. The lowest BCUT2D eigenvalue weighted by molar-refractivity contribution is 0.414. The number of hydrogen-bond acceptors (Lipinski definition) is 3. The average Bonchev–Trinajstić information content (AvgIpc) is 2.38. The van der Waals surface area contributed by atoms with Crippen molar-refractivity contribution in [2.24, 2.45) is 0 Å². The number of hydrogen-bond donors (Lipinski definition) is 0. The quantitative estimate of drug-likeness (QED) is 0.780. The van der Waals surface area contributed by atoms with E-state index in [1.54, 1.807) is 45.2 Å². The fourth-order valence-corrected chi connectivity index (χ4v) is 2.51. The number of ether oxygens (including phenoxy) is 1. The molecule has 0 amide bonds. The van der Waals surface area contributed by atoms with Crippen LogP contribution < -0.4 is 4.74 Å². The van der Waals surface area contributed by atoms with E-state index < -0.39 is 10.0 Å². The summed E-state index contributed by atoms with van der Waals surface area (Å²) >= 11 is 0. The summed E-state index contributed by atoms with van der Waals surface area (Å²) < 4.78 is 30.1. The summed E-state index contributed by atoms with van der Waals surface area (Å²) in [7, 11) is -1.95. The zero-order chi connectivity index (χ0) is 13.6. The molecule has 0 saturated carbocycles. The van der Waals surface area contributed by atoms with Gasteiger partial charge in [0.2, 0.25) is 0 Å². The molecule has 1 rings (SSSR count). The molecule has 4 nitrogen and oxygen atoms in total. The third kappa shape index (κ3) is 3.76. The predicted molar refractivity (Wildman–Crippen MR) is 71.7 cm³/mol. The summed E-state index contributed by atoms with van der Waals surface area (Å²) in [5, 5.41) is 2.32. The van der Waals surface area contributed by atoms with E-state index in [2.05, 4.69) is 11.2 Å². The van der Waals surface area contributed by atoms with Crippen LogP contribution in [0.2, 0.25) is 0 Å². The molecule has 1 aromatic rings. The average molecular weight is 267 g/mol. The van der Waals surface area contributed by atoms with Gasteiger partial charge in [-0.1, -0.05) is 19.9 Å². The lowest BCUT2D eigenvalue weighted by atomic mass is 10.2. The minimum Gasteiger partial charge on any atom is -0.497 e. The van der Waals surface area contributed by atoms with E-state index in [1.807, 2.05) is 0 Å². The van der Waals surface area contributed by atoms with E-state index in [-0.39, 0.29) is 0 Å². The molecule has 0 aromatic heterocycles. The first-order chi connectivity index (χ1) is 8.53. The van der Waals surface area contributed by atoms with E-state index >= 15 is 0 Å². The van der Waals surface area contributed by atoms with E-state index in [9.17, 15) is 8.42 Å². The smallest absolute Gasteiger partial charge is 0.283 e. The minimum atomic E-state index is -3.51. The van der Waals surface area contributed by atoms with Gasteiger partial charge in [-0.3, -0.25) is 0 Å². The molecule has 0 aliphatic carbocycles. The van der Waals surface area contributed by atoms with E-state index in [0.717, 1.165) is 0 Å². The fourth-order valence-electron chi connectivity index (χ4n) is 1.45. The van der Waals surface area contributed by atoms with Gasteiger partial charge in [0.25, 0.3) is 10.0 Å². The Labute approximate surface area is 109 Å². The van der Waals surface area contributed by atoms with Gasteiger partial charge in [-0.2, -0.15) is 12.7 Å². The van der Waals surface area contributed by atoms with Crippen molar-refractivity contribution in [3.05, 3.63) is 29.8 Å². The molecular weight excluding hydrogens is 250 g/mol. The van der Waals surface area contributed by atoms with Gasteiger partial charge >= 0.3 is 0 Å². The summed E-state index contributed by atoms with van der Waals surface area (Å²) in [4.78, 5) is 0. The molecule has 0 saturated heterocycles. The standard InChI is InChI=1S/C13H17NO3S/c1-4-14(5-2)18(15,16)10-9-12-7-6-8-13(11-12)17-3/h6-8,11H,4-5H2,1-3H3. The van der Waals surface area contributed by atoms with Crippen molar-refractivity contribution in [1.82, 2.24) is 4.31 Å². The Bertz CT molecular complexity index is 551. The lowest BCUT2D eigenvalue weighted by Gasteiger charge is -2.13. The maximum Gasteiger partial charge on any atom is 0.283 e. The van der Waals surface area contributed by atoms with Crippen LogP contribution >= 0.6 is 0 Å². The summed E-state index contributed by atoms with van der Waals surface area (Å²) in [5.41, 5.74) is 0.616. The molecule has 0 bridgehead atoms. The van der Waals surface area contributed by atoms with E-state index in [1.165, 1.54) is 4.31 Å². The van der Waals surface area contributed by atoms with Crippen molar-refractivity contribution in [3.8, 4) is 16.9 Å². The highest BCUT2D eigenvalue weighted by atomic mass is 32.2. The topological polar surface area (TPSA) is 46.6 Å². The molecule has 0 fully saturated rings. The van der Waals surface area contributed by atoms with Crippen LogP contribution in [0, 0.1) is 11.2 Å². The van der Waals surface area contributed by atoms with E-state index in [0.29, 0.717) is 24.4 Å². The fraction of sp³-hybridized carbons (Fsp3) is 0.385. The summed E-state index contributed by atoms with van der Waals surface area (Å²) in [6, 6.07) is 7.00. The molecule has 0 spiro atoms. The van der Waals surface area contributed by atoms with Crippen LogP contribution in [0.5, 0.6) is 5.75 Å². The zero-order valence-electron chi connectivity index (χ0n) is 10.8. The Morgan fingerprint density at radius 2 is 1.94 bits per heavy atom. The Morgan fingerprint density at radius 3 is 2.50 bits per heavy atom. The second-order valence-corrected chi connectivity index (χ2v) is 5.22. The second kappa shape index (κ2) is 6.43. The summed E-state index contributed by atoms with van der Waals surface area (Å²) in [6.45, 7) is 4.42. The maximum absolute atomic E-state index is 11.8. The first-order valence-electron chi connectivity index (χ1n) is 5.70. The minimum absolute atomic E-state index is 0.422. The molecule has 0 N–H and O–H groups in total. The Balaban J connectivity index is 3.00. The Morgan fingerprint density at radius 1 is 1.28 bits per heavy atom. The highest BCUT2D eigenvalue weighted by Crippen LogP contribution is 2.11. The van der Waals surface area contributed by atoms with Crippen LogP contribution in [-0.2, 0) is 10.0 Å². The second-order valence-electron chi connectivity index (χ2n) is 3.55. The van der Waals surface area contributed by atoms with Crippen LogP contribution in [0.4, 0.5) is 0 Å². The number of benzene rings is 1. The molecule has 0 aliphatic heterocycles. The molecule has 0 heterocycles. The molecule has 0 aliphatic rings. The van der Waals surface area contributed by atoms with Gasteiger partial charge in [0.1, 0.15) is 5.75 Å².